The van der Waals surface area contributed by atoms with Gasteiger partial charge in [0, 0.05) is 12.8 Å². The number of quaternary nitrogens is 1. The second kappa shape index (κ2) is 85.9. The predicted octanol–water partition coefficient (Wildman–Crippen LogP) is 31.3. The van der Waals surface area contributed by atoms with Gasteiger partial charge in [0.05, 0.1) is 27.7 Å². The van der Waals surface area contributed by atoms with Crippen LogP contribution in [0, 0.1) is 0 Å². The van der Waals surface area contributed by atoms with Gasteiger partial charge in [-0.1, -0.05) is 439 Å². The van der Waals surface area contributed by atoms with E-state index in [4.69, 9.17) is 18.5 Å². The summed E-state index contributed by atoms with van der Waals surface area (Å²) in [6, 6.07) is 0. The van der Waals surface area contributed by atoms with Gasteiger partial charge < -0.3 is 18.9 Å². The van der Waals surface area contributed by atoms with E-state index in [1.807, 2.05) is 21.1 Å². The molecule has 0 aliphatic rings. The van der Waals surface area contributed by atoms with Crippen LogP contribution in [-0.4, -0.2) is 74.9 Å². The van der Waals surface area contributed by atoms with Gasteiger partial charge in [0.1, 0.15) is 19.8 Å². The minimum absolute atomic E-state index is 0.0326. The van der Waals surface area contributed by atoms with Crippen LogP contribution >= 0.6 is 7.82 Å². The topological polar surface area (TPSA) is 108 Å². The smallest absolute Gasteiger partial charge is 0.462 e. The maximum absolute atomic E-state index is 13.0. The summed E-state index contributed by atoms with van der Waals surface area (Å²) in [7, 11) is 1.50. The Hall–Kier alpha value is -3.07. The normalized spacial score (nSPS) is 13.4. The number of rotatable bonds is 86. The number of nitrogens with zero attached hydrogens (tertiary/aromatic N) is 1. The van der Waals surface area contributed by atoms with Crippen LogP contribution < -0.4 is 0 Å². The molecule has 1 N–H and O–H groups in total. The van der Waals surface area contributed by atoms with Crippen molar-refractivity contribution < 1.29 is 42.1 Å². The summed E-state index contributed by atoms with van der Waals surface area (Å²) in [5.41, 5.74) is 0. The first-order valence-electron chi connectivity index (χ1n) is 46.0. The molecule has 0 aromatic heterocycles. The molecule has 0 aliphatic heterocycles. The van der Waals surface area contributed by atoms with Crippen LogP contribution in [0.4, 0.5) is 0 Å². The molecule has 0 saturated carbocycles. The Morgan fingerprint density at radius 2 is 0.538 bits per heavy atom. The summed E-state index contributed by atoms with van der Waals surface area (Å²) in [6.07, 6.45) is 122. The lowest BCUT2D eigenvalue weighted by Crippen LogP contribution is -2.37. The number of phosphoric ester groups is 1. The van der Waals surface area contributed by atoms with Crippen LogP contribution in [0.1, 0.15) is 450 Å². The number of esters is 2. The van der Waals surface area contributed by atoms with Crippen LogP contribution in [0.3, 0.4) is 0 Å². The van der Waals surface area contributed by atoms with E-state index in [9.17, 15) is 19.0 Å². The monoisotopic (exact) mass is 1500 g/mol. The van der Waals surface area contributed by atoms with Crippen molar-refractivity contribution in [3.05, 3.63) is 97.2 Å². The van der Waals surface area contributed by atoms with Crippen molar-refractivity contribution in [3.8, 4) is 0 Å². The highest BCUT2D eigenvalue weighted by atomic mass is 31.2. The van der Waals surface area contributed by atoms with Gasteiger partial charge in [0.2, 0.25) is 0 Å². The molecule has 0 heterocycles. The van der Waals surface area contributed by atoms with E-state index in [-0.39, 0.29) is 25.6 Å². The molecule has 0 saturated heterocycles. The minimum Gasteiger partial charge on any atom is -0.462 e. The lowest BCUT2D eigenvalue weighted by Gasteiger charge is -2.24. The molecule has 2 unspecified atom stereocenters. The molecule has 0 amide bonds. The summed E-state index contributed by atoms with van der Waals surface area (Å²) in [5, 5.41) is 0. The third-order valence-corrected chi connectivity index (χ3v) is 21.6. The van der Waals surface area contributed by atoms with Gasteiger partial charge in [-0.25, -0.2) is 4.57 Å². The Kier molecular flexibility index (Phi) is 83.4. The number of likely N-dealkylation sites (N-methyl/N-ethyl adjacent to an activating group) is 1. The fraction of sp³-hybridized carbons (Fsp3) is 0.812. The summed E-state index contributed by atoms with van der Waals surface area (Å²) in [4.78, 5) is 36.1. The van der Waals surface area contributed by atoms with E-state index < -0.39 is 26.5 Å². The number of hydrogen-bond acceptors (Lipinski definition) is 7. The summed E-state index contributed by atoms with van der Waals surface area (Å²) in [6.45, 7) is 4.39. The zero-order chi connectivity index (χ0) is 76.8. The Labute approximate surface area is 659 Å². The number of hydrogen-bond donors (Lipinski definition) is 1. The van der Waals surface area contributed by atoms with Crippen molar-refractivity contribution in [2.75, 3.05) is 47.5 Å². The van der Waals surface area contributed by atoms with E-state index in [1.165, 1.54) is 340 Å². The molecule has 0 radical (unpaired) electrons. The molecule has 0 aliphatic carbocycles. The molecule has 10 heteroatoms. The van der Waals surface area contributed by atoms with Crippen LogP contribution in [-0.2, 0) is 32.7 Å². The quantitative estimate of drug-likeness (QED) is 0.0211. The fourth-order valence-corrected chi connectivity index (χ4v) is 14.4. The van der Waals surface area contributed by atoms with Crippen molar-refractivity contribution in [3.63, 3.8) is 0 Å². The molecule has 2 atom stereocenters. The highest BCUT2D eigenvalue weighted by Gasteiger charge is 2.27. The average molecular weight is 1500 g/mol. The summed E-state index contributed by atoms with van der Waals surface area (Å²) in [5.74, 6) is -0.775. The standard InChI is InChI=1S/C96H176NO8P/c1-6-8-10-12-14-16-18-20-22-24-26-28-30-32-34-36-38-40-42-44-46-48-50-52-54-56-58-60-62-64-66-68-70-72-74-76-78-80-82-84-86-88-95(98)102-92-94(93-104-106(100,101)103-91-90-97(3,4)5)105-96(99)89-87-85-83-81-79-77-75-73-71-69-67-65-63-61-59-57-55-53-51-49-47-45-43-41-39-37-35-33-31-29-27-25-23-21-19-17-15-13-11-9-7-2/h9,11,15,17,21,23-24,26-27,29,33,35,39,41,45,47,94H,6-8,10,12-14,16,18-20,22,25,28,30-32,34,36-38,40,42-44,46,48-93H2,1-5H3/p+1/b11-9-,17-15-,23-21-,26-24-,29-27-,35-33-,41-39-,47-45-. The lowest BCUT2D eigenvalue weighted by molar-refractivity contribution is -0.870. The minimum atomic E-state index is -4.40. The molecule has 0 spiro atoms. The predicted molar refractivity (Wildman–Crippen MR) is 464 cm³/mol. The molecule has 9 nitrogen and oxygen atoms in total. The molecule has 0 aromatic carbocycles. The Morgan fingerprint density at radius 3 is 0.811 bits per heavy atom. The third-order valence-electron chi connectivity index (χ3n) is 20.6. The van der Waals surface area contributed by atoms with Crippen molar-refractivity contribution in [2.24, 2.45) is 0 Å². The molecule has 0 fully saturated rings. The van der Waals surface area contributed by atoms with Crippen LogP contribution in [0.2, 0.25) is 0 Å². The van der Waals surface area contributed by atoms with Gasteiger partial charge in [-0.2, -0.15) is 0 Å². The van der Waals surface area contributed by atoms with Crippen LogP contribution in [0.5, 0.6) is 0 Å². The Bertz CT molecular complexity index is 2120. The SMILES string of the molecule is CC/C=C\C/C=C\C/C=C\C/C=C\C/C=C\C/C=C\C/C=C\CCCCCCCCCCCCCCCCCCCCCC(=O)OC(COC(=O)CCCCCCCCCCCCCCCCCCCCCCCCCCCCCCC/C=C\CCCCCCCCCC)COP(=O)(O)OCC[N+](C)(C)C. The highest BCUT2D eigenvalue weighted by molar-refractivity contribution is 7.47. The second-order valence-corrected chi connectivity index (χ2v) is 33.8. The number of unbranched alkanes of at least 4 members (excludes halogenated alkanes) is 56. The van der Waals surface area contributed by atoms with E-state index in [2.05, 4.69) is 111 Å². The zero-order valence-corrected chi connectivity index (χ0v) is 71.8. The molecule has 0 rings (SSSR count). The van der Waals surface area contributed by atoms with Gasteiger partial charge in [-0.05, 0) is 96.3 Å². The average Bonchev–Trinajstić information content (AvgIpc) is 0.908. The Balaban J connectivity index is 3.86. The van der Waals surface area contributed by atoms with E-state index >= 15 is 0 Å². The van der Waals surface area contributed by atoms with Crippen molar-refractivity contribution in [2.45, 2.75) is 457 Å². The van der Waals surface area contributed by atoms with Crippen LogP contribution in [0.15, 0.2) is 97.2 Å². The number of carbonyl (C=O) groups excluding carboxylic acids is 2. The molecule has 618 valence electrons. The van der Waals surface area contributed by atoms with Crippen molar-refractivity contribution >= 4 is 19.8 Å². The summed E-state index contributed by atoms with van der Waals surface area (Å²) < 4.78 is 34.9. The highest BCUT2D eigenvalue weighted by Crippen LogP contribution is 2.43. The molecular weight excluding hydrogens is 1330 g/mol. The fourth-order valence-electron chi connectivity index (χ4n) is 13.6. The van der Waals surface area contributed by atoms with Gasteiger partial charge in [-0.15, -0.1) is 0 Å². The number of phosphoric acid groups is 1. The lowest BCUT2D eigenvalue weighted by atomic mass is 10.0. The van der Waals surface area contributed by atoms with E-state index in [0.717, 1.165) is 77.0 Å². The largest absolute Gasteiger partial charge is 0.472 e. The first-order chi connectivity index (χ1) is 52.0. The first kappa shape index (κ1) is 103. The van der Waals surface area contributed by atoms with Gasteiger partial charge in [0.25, 0.3) is 0 Å². The van der Waals surface area contributed by atoms with Gasteiger partial charge >= 0.3 is 19.8 Å². The van der Waals surface area contributed by atoms with E-state index in [1.54, 1.807) is 0 Å². The maximum atomic E-state index is 13.0. The number of ether oxygens (including phenoxy) is 2. The Morgan fingerprint density at radius 1 is 0.302 bits per heavy atom. The zero-order valence-electron chi connectivity index (χ0n) is 70.9. The van der Waals surface area contributed by atoms with Crippen molar-refractivity contribution in [1.29, 1.82) is 0 Å². The van der Waals surface area contributed by atoms with E-state index in [0.29, 0.717) is 23.9 Å². The van der Waals surface area contributed by atoms with Crippen molar-refractivity contribution in [1.82, 2.24) is 0 Å². The van der Waals surface area contributed by atoms with Gasteiger partial charge in [0.15, 0.2) is 6.10 Å². The second-order valence-electron chi connectivity index (χ2n) is 32.3. The molecule has 106 heavy (non-hydrogen) atoms. The maximum Gasteiger partial charge on any atom is 0.472 e. The molecule has 0 aromatic rings. The number of allylic oxidation sites excluding steroid dienone is 16. The van der Waals surface area contributed by atoms with Gasteiger partial charge in [-0.3, -0.25) is 18.6 Å². The number of carbonyl (C=O) groups is 2. The first-order valence-corrected chi connectivity index (χ1v) is 47.5. The molecular formula is C96H177NO8P+. The summed E-state index contributed by atoms with van der Waals surface area (Å²) >= 11 is 0. The van der Waals surface area contributed by atoms with Crippen LogP contribution in [0.25, 0.3) is 0 Å². The molecule has 0 bridgehead atoms. The third kappa shape index (κ3) is 89.8.